The van der Waals surface area contributed by atoms with Crippen LogP contribution in [0.2, 0.25) is 0 Å². The monoisotopic (exact) mass is 453 g/mol. The fraction of sp³-hybridized carbons (Fsp3) is 0.360. The quantitative estimate of drug-likeness (QED) is 0.535. The predicted octanol–water partition coefficient (Wildman–Crippen LogP) is 4.76. The number of nitrogens with one attached hydrogen (secondary N) is 1. The van der Waals surface area contributed by atoms with Crippen LogP contribution in [0.1, 0.15) is 50.4 Å². The van der Waals surface area contributed by atoms with Gasteiger partial charge in [-0.3, -0.25) is 9.69 Å². The number of aromatic nitrogens is 1. The van der Waals surface area contributed by atoms with Crippen LogP contribution in [-0.4, -0.2) is 42.5 Å². The Morgan fingerprint density at radius 3 is 2.69 bits per heavy atom. The maximum Gasteiger partial charge on any atom is 0.263 e. The lowest BCUT2D eigenvalue weighted by atomic mass is 10.0. The van der Waals surface area contributed by atoms with E-state index in [1.54, 1.807) is 19.2 Å². The lowest BCUT2D eigenvalue weighted by molar-refractivity contribution is 0.0941. The summed E-state index contributed by atoms with van der Waals surface area (Å²) >= 11 is 1.40. The summed E-state index contributed by atoms with van der Waals surface area (Å²) in [6.07, 6.45) is 2.93. The fourth-order valence-electron chi connectivity index (χ4n) is 4.14. The molecule has 1 unspecified atom stereocenters. The summed E-state index contributed by atoms with van der Waals surface area (Å²) in [5, 5.41) is 3.99. The zero-order valence-electron chi connectivity index (χ0n) is 18.4. The highest BCUT2D eigenvalue weighted by Crippen LogP contribution is 2.28. The summed E-state index contributed by atoms with van der Waals surface area (Å²) in [6.45, 7) is 4.44. The summed E-state index contributed by atoms with van der Waals surface area (Å²) in [5.74, 6) is 0.465. The van der Waals surface area contributed by atoms with Crippen molar-refractivity contribution in [2.45, 2.75) is 32.2 Å². The number of carbonyl (C=O) groups is 1. The minimum absolute atomic E-state index is 0.0996. The van der Waals surface area contributed by atoms with Crippen LogP contribution >= 0.6 is 11.3 Å². The van der Waals surface area contributed by atoms with Gasteiger partial charge in [-0.1, -0.05) is 24.3 Å². The van der Waals surface area contributed by atoms with E-state index in [4.69, 9.17) is 4.74 Å². The third kappa shape index (κ3) is 5.34. The third-order valence-corrected chi connectivity index (χ3v) is 6.99. The van der Waals surface area contributed by atoms with Crippen molar-refractivity contribution in [2.75, 3.05) is 26.7 Å². The van der Waals surface area contributed by atoms with Crippen LogP contribution in [0.4, 0.5) is 4.39 Å². The van der Waals surface area contributed by atoms with Gasteiger partial charge < -0.3 is 10.1 Å². The van der Waals surface area contributed by atoms with Gasteiger partial charge in [0, 0.05) is 13.0 Å². The lowest BCUT2D eigenvalue weighted by Gasteiger charge is -2.28. The SMILES string of the molecule is COc1cccc(C(CNC(=O)c2sc(Cc3ccc(F)cc3)nc2C)N2CCCC2)c1. The number of amides is 1. The number of hydrogen-bond acceptors (Lipinski definition) is 5. The molecular weight excluding hydrogens is 425 g/mol. The largest absolute Gasteiger partial charge is 0.497 e. The van der Waals surface area contributed by atoms with E-state index in [-0.39, 0.29) is 17.8 Å². The molecule has 1 aromatic heterocycles. The maximum absolute atomic E-state index is 13.2. The first-order chi connectivity index (χ1) is 15.5. The molecule has 1 fully saturated rings. The van der Waals surface area contributed by atoms with Gasteiger partial charge in [-0.05, 0) is 68.2 Å². The number of methoxy groups -OCH3 is 1. The minimum atomic E-state index is -0.257. The van der Waals surface area contributed by atoms with E-state index >= 15 is 0 Å². The van der Waals surface area contributed by atoms with Gasteiger partial charge in [-0.25, -0.2) is 9.37 Å². The van der Waals surface area contributed by atoms with Crippen molar-refractivity contribution in [1.82, 2.24) is 15.2 Å². The van der Waals surface area contributed by atoms with Gasteiger partial charge in [0.05, 0.1) is 23.9 Å². The lowest BCUT2D eigenvalue weighted by Crippen LogP contribution is -2.36. The predicted molar refractivity (Wildman–Crippen MR) is 125 cm³/mol. The summed E-state index contributed by atoms with van der Waals surface area (Å²) < 4.78 is 18.6. The Kier molecular flexibility index (Phi) is 7.17. The molecule has 0 spiro atoms. The summed E-state index contributed by atoms with van der Waals surface area (Å²) in [7, 11) is 1.67. The van der Waals surface area contributed by atoms with Crippen molar-refractivity contribution in [3.63, 3.8) is 0 Å². The van der Waals surface area contributed by atoms with Crippen molar-refractivity contribution in [1.29, 1.82) is 0 Å². The van der Waals surface area contributed by atoms with E-state index in [0.29, 0.717) is 17.8 Å². The second-order valence-corrected chi connectivity index (χ2v) is 9.15. The molecule has 1 N–H and O–H groups in total. The minimum Gasteiger partial charge on any atom is -0.497 e. The first-order valence-electron chi connectivity index (χ1n) is 10.9. The number of aryl methyl sites for hydroxylation is 1. The number of carbonyl (C=O) groups excluding carboxylic acids is 1. The van der Waals surface area contributed by atoms with E-state index in [2.05, 4.69) is 21.3 Å². The van der Waals surface area contributed by atoms with Gasteiger partial charge in [0.25, 0.3) is 5.91 Å². The molecule has 1 amide bonds. The standard InChI is InChI=1S/C25H28FN3O2S/c1-17-24(32-23(28-17)14-18-8-10-20(26)11-9-18)25(30)27-16-22(29-12-3-4-13-29)19-6-5-7-21(15-19)31-2/h5-11,15,22H,3-4,12-14,16H2,1-2H3,(H,27,30). The Morgan fingerprint density at radius 1 is 1.22 bits per heavy atom. The molecule has 1 saturated heterocycles. The van der Waals surface area contributed by atoms with Gasteiger partial charge in [0.15, 0.2) is 0 Å². The number of likely N-dealkylation sites (tertiary alicyclic amines) is 1. The molecule has 5 nitrogen and oxygen atoms in total. The van der Waals surface area contributed by atoms with Crippen LogP contribution in [0.15, 0.2) is 48.5 Å². The summed E-state index contributed by atoms with van der Waals surface area (Å²) in [4.78, 5) is 20.6. The highest BCUT2D eigenvalue weighted by atomic mass is 32.1. The van der Waals surface area contributed by atoms with Gasteiger partial charge in [-0.2, -0.15) is 0 Å². The summed E-state index contributed by atoms with van der Waals surface area (Å²) in [5.41, 5.74) is 2.84. The maximum atomic E-state index is 13.2. The first kappa shape index (κ1) is 22.4. The normalized spacial score (nSPS) is 15.0. The average Bonchev–Trinajstić information content (AvgIpc) is 3.45. The number of hydrogen-bond donors (Lipinski definition) is 1. The second-order valence-electron chi connectivity index (χ2n) is 8.07. The molecule has 7 heteroatoms. The molecule has 1 aliphatic heterocycles. The number of rotatable bonds is 8. The molecule has 2 heterocycles. The molecule has 1 aliphatic rings. The second kappa shape index (κ2) is 10.2. The molecule has 0 aliphatic carbocycles. The Balaban J connectivity index is 1.46. The zero-order valence-corrected chi connectivity index (χ0v) is 19.3. The number of ether oxygens (including phenoxy) is 1. The fourth-order valence-corrected chi connectivity index (χ4v) is 5.16. The zero-order chi connectivity index (χ0) is 22.5. The van der Waals surface area contributed by atoms with Gasteiger partial charge in [0.2, 0.25) is 0 Å². The van der Waals surface area contributed by atoms with Crippen molar-refractivity contribution >= 4 is 17.2 Å². The van der Waals surface area contributed by atoms with Gasteiger partial charge in [-0.15, -0.1) is 11.3 Å². The van der Waals surface area contributed by atoms with Gasteiger partial charge in [0.1, 0.15) is 16.4 Å². The van der Waals surface area contributed by atoms with Crippen molar-refractivity contribution < 1.29 is 13.9 Å². The van der Waals surface area contributed by atoms with Crippen molar-refractivity contribution in [3.8, 4) is 5.75 Å². The van der Waals surface area contributed by atoms with Crippen LogP contribution in [0, 0.1) is 12.7 Å². The van der Waals surface area contributed by atoms with Gasteiger partial charge >= 0.3 is 0 Å². The molecule has 0 bridgehead atoms. The Labute approximate surface area is 192 Å². The number of benzene rings is 2. The average molecular weight is 454 g/mol. The van der Waals surface area contributed by atoms with Crippen LogP contribution in [-0.2, 0) is 6.42 Å². The van der Waals surface area contributed by atoms with E-state index in [1.165, 1.54) is 36.3 Å². The molecular formula is C25H28FN3O2S. The van der Waals surface area contributed by atoms with Crippen molar-refractivity contribution in [3.05, 3.63) is 81.1 Å². The Bertz CT molecular complexity index is 1060. The van der Waals surface area contributed by atoms with Crippen molar-refractivity contribution in [2.24, 2.45) is 0 Å². The molecule has 0 saturated carbocycles. The number of thiazole rings is 1. The smallest absolute Gasteiger partial charge is 0.263 e. The third-order valence-electron chi connectivity index (χ3n) is 5.83. The van der Waals surface area contributed by atoms with Crippen LogP contribution in [0.5, 0.6) is 5.75 Å². The van der Waals surface area contributed by atoms with E-state index in [0.717, 1.165) is 40.7 Å². The molecule has 168 valence electrons. The molecule has 1 atom stereocenters. The number of halogens is 1. The van der Waals surface area contributed by atoms with Crippen LogP contribution in [0.3, 0.4) is 0 Å². The molecule has 2 aromatic carbocycles. The molecule has 0 radical (unpaired) electrons. The Morgan fingerprint density at radius 2 is 1.97 bits per heavy atom. The van der Waals surface area contributed by atoms with E-state index in [9.17, 15) is 9.18 Å². The summed E-state index contributed by atoms with van der Waals surface area (Å²) in [6, 6.07) is 14.6. The molecule has 32 heavy (non-hydrogen) atoms. The number of nitrogens with zero attached hydrogens (tertiary/aromatic N) is 2. The van der Waals surface area contributed by atoms with Crippen LogP contribution < -0.4 is 10.1 Å². The van der Waals surface area contributed by atoms with E-state index < -0.39 is 0 Å². The topological polar surface area (TPSA) is 54.5 Å². The highest BCUT2D eigenvalue weighted by molar-refractivity contribution is 7.13. The molecule has 3 aromatic rings. The first-order valence-corrected chi connectivity index (χ1v) is 11.7. The molecule has 4 rings (SSSR count). The highest BCUT2D eigenvalue weighted by Gasteiger charge is 2.25. The van der Waals surface area contributed by atoms with Crippen LogP contribution in [0.25, 0.3) is 0 Å². The Hall–Kier alpha value is -2.77. The van der Waals surface area contributed by atoms with E-state index in [1.807, 2.05) is 25.1 Å².